The number of rotatable bonds is 9. The van der Waals surface area contributed by atoms with Gasteiger partial charge in [0.1, 0.15) is 0 Å². The highest BCUT2D eigenvalue weighted by molar-refractivity contribution is 5.82. The molecule has 0 spiro atoms. The molecule has 216 valence electrons. The van der Waals surface area contributed by atoms with Crippen molar-refractivity contribution < 1.29 is 0 Å². The lowest BCUT2D eigenvalue weighted by atomic mass is 9.69. The van der Waals surface area contributed by atoms with Crippen molar-refractivity contribution in [3.8, 4) is 0 Å². The minimum atomic E-state index is 0.269. The third-order valence-electron chi connectivity index (χ3n) is 9.50. The second kappa shape index (κ2) is 12.3. The van der Waals surface area contributed by atoms with Gasteiger partial charge in [-0.05, 0) is 107 Å². The molecule has 0 aliphatic heterocycles. The predicted octanol–water partition coefficient (Wildman–Crippen LogP) is 12.0. The van der Waals surface area contributed by atoms with Gasteiger partial charge in [0, 0.05) is 11.8 Å². The van der Waals surface area contributed by atoms with Gasteiger partial charge in [-0.1, -0.05) is 137 Å². The van der Waals surface area contributed by atoms with E-state index in [0.29, 0.717) is 11.8 Å². The first-order chi connectivity index (χ1) is 20.1. The minimum absolute atomic E-state index is 0.269. The van der Waals surface area contributed by atoms with Crippen LogP contribution in [0.2, 0.25) is 0 Å². The number of fused-ring (bicyclic) bond motifs is 1. The Morgan fingerprint density at radius 3 is 2.36 bits per heavy atom. The van der Waals surface area contributed by atoms with Gasteiger partial charge in [-0.15, -0.1) is 0 Å². The van der Waals surface area contributed by atoms with Gasteiger partial charge in [-0.25, -0.2) is 0 Å². The summed E-state index contributed by atoms with van der Waals surface area (Å²) in [6, 6.07) is 16.3. The van der Waals surface area contributed by atoms with E-state index in [-0.39, 0.29) is 5.92 Å². The third kappa shape index (κ3) is 5.69. The largest absolute Gasteiger partial charge is 0.0955 e. The van der Waals surface area contributed by atoms with Crippen molar-refractivity contribution >= 4 is 11.1 Å². The topological polar surface area (TPSA) is 0 Å². The fourth-order valence-corrected chi connectivity index (χ4v) is 7.21. The van der Waals surface area contributed by atoms with Gasteiger partial charge in [0.25, 0.3) is 0 Å². The molecule has 42 heavy (non-hydrogen) atoms. The van der Waals surface area contributed by atoms with E-state index in [1.807, 2.05) is 0 Å². The molecule has 0 saturated heterocycles. The van der Waals surface area contributed by atoms with Crippen LogP contribution < -0.4 is 0 Å². The molecule has 0 radical (unpaired) electrons. The second-order valence-electron chi connectivity index (χ2n) is 12.9. The zero-order chi connectivity index (χ0) is 30.1. The Labute approximate surface area is 255 Å². The van der Waals surface area contributed by atoms with Crippen LogP contribution in [0.25, 0.3) is 11.1 Å². The molecule has 0 bridgehead atoms. The Balaban J connectivity index is 1.45. The molecule has 0 aromatic heterocycles. The average molecular weight is 553 g/mol. The lowest BCUT2D eigenvalue weighted by molar-refractivity contribution is 0.619. The Morgan fingerprint density at radius 2 is 1.71 bits per heavy atom. The van der Waals surface area contributed by atoms with Crippen LogP contribution >= 0.6 is 0 Å². The molecular formula is C42H48. The monoisotopic (exact) mass is 552 g/mol. The van der Waals surface area contributed by atoms with Gasteiger partial charge in [-0.2, -0.15) is 0 Å². The number of benzene rings is 2. The van der Waals surface area contributed by atoms with E-state index in [9.17, 15) is 0 Å². The fourth-order valence-electron chi connectivity index (χ4n) is 7.21. The van der Waals surface area contributed by atoms with Crippen LogP contribution in [0.3, 0.4) is 0 Å². The maximum atomic E-state index is 4.76. The molecule has 0 amide bonds. The van der Waals surface area contributed by atoms with Crippen molar-refractivity contribution in [2.75, 3.05) is 0 Å². The zero-order valence-electron chi connectivity index (χ0n) is 26.7. The summed E-state index contributed by atoms with van der Waals surface area (Å²) in [5.41, 5.74) is 18.8. The first-order valence-corrected chi connectivity index (χ1v) is 15.9. The molecule has 3 aliphatic carbocycles. The molecule has 2 aromatic rings. The standard InChI is InChI=1S/C42H48/c1-10-12-28(7)40-29(8)21-37-25-36(30(9)41(37)42(40)34-18-16-33(17-19-34)26(3)4)23-32-13-15-35(22-32)38-20-14-31(11-2)24-39(38)27(5)6/h13-21,23-24,26,41-42H,5,7,9-12,22,25H2,1-4,6,8H3. The van der Waals surface area contributed by atoms with E-state index >= 15 is 0 Å². The fraction of sp³-hybridized carbons (Fsp3) is 0.333. The maximum absolute atomic E-state index is 4.76. The Bertz CT molecular complexity index is 1590. The van der Waals surface area contributed by atoms with E-state index in [1.165, 1.54) is 72.4 Å². The van der Waals surface area contributed by atoms with Crippen LogP contribution in [0.4, 0.5) is 0 Å². The normalized spacial score (nSPS) is 21.1. The highest BCUT2D eigenvalue weighted by Gasteiger charge is 2.41. The lowest BCUT2D eigenvalue weighted by Gasteiger charge is -2.34. The van der Waals surface area contributed by atoms with Crippen LogP contribution in [-0.4, -0.2) is 0 Å². The first kappa shape index (κ1) is 29.8. The second-order valence-corrected chi connectivity index (χ2v) is 12.9. The van der Waals surface area contributed by atoms with Crippen molar-refractivity contribution in [1.29, 1.82) is 0 Å². The smallest absolute Gasteiger partial charge is 0.0201 e. The number of hydrogen-bond donors (Lipinski definition) is 0. The highest BCUT2D eigenvalue weighted by atomic mass is 14.4. The summed E-state index contributed by atoms with van der Waals surface area (Å²) in [4.78, 5) is 0. The van der Waals surface area contributed by atoms with Crippen molar-refractivity contribution in [1.82, 2.24) is 0 Å². The van der Waals surface area contributed by atoms with Gasteiger partial charge in [0.05, 0.1) is 0 Å². The molecule has 2 atom stereocenters. The number of hydrogen-bond acceptors (Lipinski definition) is 0. The molecule has 0 nitrogen and oxygen atoms in total. The van der Waals surface area contributed by atoms with E-state index in [4.69, 9.17) is 6.58 Å². The van der Waals surface area contributed by atoms with E-state index in [0.717, 1.165) is 37.7 Å². The van der Waals surface area contributed by atoms with Crippen LogP contribution in [0.1, 0.15) is 107 Å². The molecule has 0 heteroatoms. The third-order valence-corrected chi connectivity index (χ3v) is 9.50. The number of aryl methyl sites for hydroxylation is 1. The van der Waals surface area contributed by atoms with Crippen LogP contribution in [0.5, 0.6) is 0 Å². The van der Waals surface area contributed by atoms with Crippen molar-refractivity contribution in [2.24, 2.45) is 5.92 Å². The average Bonchev–Trinajstić information content (AvgIpc) is 3.56. The van der Waals surface area contributed by atoms with E-state index < -0.39 is 0 Å². The molecule has 1 saturated carbocycles. The summed E-state index contributed by atoms with van der Waals surface area (Å²) in [6.07, 6.45) is 14.6. The Morgan fingerprint density at radius 1 is 0.976 bits per heavy atom. The van der Waals surface area contributed by atoms with E-state index in [1.54, 1.807) is 0 Å². The van der Waals surface area contributed by atoms with Crippen LogP contribution in [-0.2, 0) is 6.42 Å². The molecule has 2 unspecified atom stereocenters. The summed E-state index contributed by atoms with van der Waals surface area (Å²) < 4.78 is 0. The molecular weight excluding hydrogens is 504 g/mol. The summed E-state index contributed by atoms with van der Waals surface area (Å²) in [5, 5.41) is 0. The summed E-state index contributed by atoms with van der Waals surface area (Å²) in [5.74, 6) is 1.09. The van der Waals surface area contributed by atoms with Crippen molar-refractivity contribution in [2.45, 2.75) is 85.5 Å². The van der Waals surface area contributed by atoms with Gasteiger partial charge in [0.2, 0.25) is 0 Å². The van der Waals surface area contributed by atoms with Crippen LogP contribution in [0, 0.1) is 5.92 Å². The Kier molecular flexibility index (Phi) is 8.74. The highest BCUT2D eigenvalue weighted by Crippen LogP contribution is 2.55. The van der Waals surface area contributed by atoms with Crippen molar-refractivity contribution in [3.05, 3.63) is 153 Å². The lowest BCUT2D eigenvalue weighted by Crippen LogP contribution is -2.21. The molecule has 2 aromatic carbocycles. The van der Waals surface area contributed by atoms with Gasteiger partial charge >= 0.3 is 0 Å². The Hall–Kier alpha value is -3.64. The predicted molar refractivity (Wildman–Crippen MR) is 185 cm³/mol. The SMILES string of the molecule is C=C(CCC)C1=C(C)C=C2CC(=CC3=CC=C(c4ccc(CC)cc4C(=C)C)C3)C(=C)C2C1c1ccc(C(C)C)cc1. The van der Waals surface area contributed by atoms with Gasteiger partial charge in [0.15, 0.2) is 0 Å². The molecule has 1 fully saturated rings. The molecule has 3 aliphatic rings. The number of allylic oxidation sites excluding steroid dienone is 13. The zero-order valence-corrected chi connectivity index (χ0v) is 26.7. The minimum Gasteiger partial charge on any atom is -0.0955 e. The van der Waals surface area contributed by atoms with E-state index in [2.05, 4.69) is 121 Å². The summed E-state index contributed by atoms with van der Waals surface area (Å²) in [7, 11) is 0. The molecule has 0 N–H and O–H groups in total. The molecule has 0 heterocycles. The quantitative estimate of drug-likeness (QED) is 0.290. The first-order valence-electron chi connectivity index (χ1n) is 15.9. The summed E-state index contributed by atoms with van der Waals surface area (Å²) >= 11 is 0. The maximum Gasteiger partial charge on any atom is 0.0201 e. The van der Waals surface area contributed by atoms with Crippen molar-refractivity contribution in [3.63, 3.8) is 0 Å². The van der Waals surface area contributed by atoms with Gasteiger partial charge < -0.3 is 0 Å². The van der Waals surface area contributed by atoms with Crippen LogP contribution in [0.15, 0.2) is 126 Å². The van der Waals surface area contributed by atoms with Gasteiger partial charge in [-0.3, -0.25) is 0 Å². The summed E-state index contributed by atoms with van der Waals surface area (Å²) in [6.45, 7) is 27.0. The molecule has 5 rings (SSSR count).